The van der Waals surface area contributed by atoms with E-state index in [2.05, 4.69) is 0 Å². The van der Waals surface area contributed by atoms with Crippen LogP contribution < -0.4 is 5.56 Å². The van der Waals surface area contributed by atoms with Crippen molar-refractivity contribution in [2.75, 3.05) is 6.61 Å². The Morgan fingerprint density at radius 2 is 2.00 bits per heavy atom. The van der Waals surface area contributed by atoms with E-state index in [1.807, 2.05) is 20.8 Å². The number of hydrogen-bond acceptors (Lipinski definition) is 3. The van der Waals surface area contributed by atoms with E-state index in [1.54, 1.807) is 19.2 Å². The zero-order chi connectivity index (χ0) is 13.0. The van der Waals surface area contributed by atoms with E-state index in [9.17, 15) is 9.59 Å². The second-order valence-corrected chi connectivity index (χ2v) is 4.65. The third-order valence-corrected chi connectivity index (χ3v) is 2.40. The van der Waals surface area contributed by atoms with Gasteiger partial charge in [0.25, 0.3) is 5.56 Å². The van der Waals surface area contributed by atoms with Crippen LogP contribution in [0.1, 0.15) is 32.4 Å². The van der Waals surface area contributed by atoms with Crippen LogP contribution in [-0.2, 0) is 9.53 Å². The molecule has 0 aliphatic heterocycles. The number of esters is 1. The monoisotopic (exact) mass is 237 g/mol. The van der Waals surface area contributed by atoms with E-state index in [1.165, 1.54) is 10.6 Å². The summed E-state index contributed by atoms with van der Waals surface area (Å²) in [5.41, 5.74) is 0.748. The van der Waals surface area contributed by atoms with Crippen LogP contribution in [0.2, 0.25) is 0 Å². The molecule has 4 heteroatoms. The fourth-order valence-corrected chi connectivity index (χ4v) is 1.40. The highest BCUT2D eigenvalue weighted by atomic mass is 16.5. The summed E-state index contributed by atoms with van der Waals surface area (Å²) in [5.74, 6) is -0.0771. The summed E-state index contributed by atoms with van der Waals surface area (Å²) in [6, 6.07) is 2.60. The Morgan fingerprint density at radius 1 is 1.35 bits per heavy atom. The normalized spacial score (nSPS) is 12.5. The van der Waals surface area contributed by atoms with Gasteiger partial charge in [0.15, 0.2) is 0 Å². The highest BCUT2D eigenvalue weighted by molar-refractivity contribution is 5.73. The van der Waals surface area contributed by atoms with E-state index in [0.29, 0.717) is 12.5 Å². The highest BCUT2D eigenvalue weighted by Crippen LogP contribution is 2.07. The number of ether oxygens (including phenoxy) is 1. The van der Waals surface area contributed by atoms with Gasteiger partial charge in [-0.05, 0) is 25.3 Å². The first kappa shape index (κ1) is 13.5. The number of rotatable bonds is 4. The summed E-state index contributed by atoms with van der Waals surface area (Å²) in [6.07, 6.45) is 1.67. The van der Waals surface area contributed by atoms with Crippen LogP contribution in [0.5, 0.6) is 0 Å². The number of aryl methyl sites for hydroxylation is 1. The number of hydrogen-bond donors (Lipinski definition) is 0. The minimum absolute atomic E-state index is 0.190. The van der Waals surface area contributed by atoms with Crippen molar-refractivity contribution < 1.29 is 9.53 Å². The molecule has 0 bridgehead atoms. The summed E-state index contributed by atoms with van der Waals surface area (Å²) in [4.78, 5) is 23.3. The van der Waals surface area contributed by atoms with Crippen molar-refractivity contribution >= 4 is 5.97 Å². The molecule has 0 radical (unpaired) electrons. The quantitative estimate of drug-likeness (QED) is 0.752. The van der Waals surface area contributed by atoms with Crippen LogP contribution >= 0.6 is 0 Å². The van der Waals surface area contributed by atoms with Gasteiger partial charge in [0.05, 0.1) is 6.61 Å². The molecule has 0 spiro atoms. The van der Waals surface area contributed by atoms with Crippen LogP contribution in [0.3, 0.4) is 0 Å². The Bertz CT molecular complexity index is 448. The van der Waals surface area contributed by atoms with Crippen molar-refractivity contribution in [1.82, 2.24) is 4.57 Å². The fraction of sp³-hybridized carbons (Fsp3) is 0.538. The lowest BCUT2D eigenvalue weighted by Crippen LogP contribution is -2.29. The Labute approximate surface area is 101 Å². The van der Waals surface area contributed by atoms with Crippen molar-refractivity contribution in [2.45, 2.75) is 33.7 Å². The maximum atomic E-state index is 11.7. The topological polar surface area (TPSA) is 48.3 Å². The molecule has 1 rings (SSSR count). The van der Waals surface area contributed by atoms with Gasteiger partial charge >= 0.3 is 5.97 Å². The maximum absolute atomic E-state index is 11.7. The molecule has 0 fully saturated rings. The van der Waals surface area contributed by atoms with Crippen LogP contribution in [-0.4, -0.2) is 17.1 Å². The minimum Gasteiger partial charge on any atom is -0.464 e. The van der Waals surface area contributed by atoms with Crippen molar-refractivity contribution in [3.8, 4) is 0 Å². The van der Waals surface area contributed by atoms with Gasteiger partial charge in [0.1, 0.15) is 6.04 Å². The number of carbonyl (C=O) groups is 1. The molecule has 94 valence electrons. The number of pyridine rings is 1. The van der Waals surface area contributed by atoms with E-state index in [-0.39, 0.29) is 11.5 Å². The zero-order valence-corrected chi connectivity index (χ0v) is 10.8. The standard InChI is InChI=1S/C13H19NO3/c1-9(2)8-17-13(16)11(4)14-7-10(3)5-6-12(14)15/h5-7,9,11H,8H2,1-4H3. The smallest absolute Gasteiger partial charge is 0.328 e. The molecule has 1 aromatic heterocycles. The summed E-state index contributed by atoms with van der Waals surface area (Å²) < 4.78 is 6.52. The predicted octanol–water partition coefficient (Wildman–Crippen LogP) is 1.92. The summed E-state index contributed by atoms with van der Waals surface area (Å²) >= 11 is 0. The largest absolute Gasteiger partial charge is 0.464 e. The minimum atomic E-state index is -0.582. The van der Waals surface area contributed by atoms with Crippen LogP contribution in [0.4, 0.5) is 0 Å². The Kier molecular flexibility index (Phi) is 4.49. The lowest BCUT2D eigenvalue weighted by atomic mass is 10.2. The first-order valence-corrected chi connectivity index (χ1v) is 5.77. The first-order valence-electron chi connectivity index (χ1n) is 5.77. The predicted molar refractivity (Wildman–Crippen MR) is 65.9 cm³/mol. The van der Waals surface area contributed by atoms with Gasteiger partial charge in [-0.15, -0.1) is 0 Å². The third kappa shape index (κ3) is 3.73. The molecule has 1 heterocycles. The van der Waals surface area contributed by atoms with Gasteiger partial charge in [-0.2, -0.15) is 0 Å². The molecule has 0 amide bonds. The highest BCUT2D eigenvalue weighted by Gasteiger charge is 2.17. The average Bonchev–Trinajstić information content (AvgIpc) is 2.28. The second kappa shape index (κ2) is 5.66. The number of aromatic nitrogens is 1. The molecule has 1 aromatic rings. The molecule has 0 aliphatic carbocycles. The van der Waals surface area contributed by atoms with Gasteiger partial charge in [0, 0.05) is 12.3 Å². The molecule has 0 N–H and O–H groups in total. The van der Waals surface area contributed by atoms with Crippen LogP contribution in [0, 0.1) is 12.8 Å². The molecule has 0 saturated carbocycles. The Balaban J connectivity index is 2.81. The molecule has 0 aromatic carbocycles. The van der Waals surface area contributed by atoms with Crippen molar-refractivity contribution in [2.24, 2.45) is 5.92 Å². The summed E-state index contributed by atoms with van der Waals surface area (Å²) in [5, 5.41) is 0. The molecular formula is C13H19NO3. The zero-order valence-electron chi connectivity index (χ0n) is 10.8. The van der Waals surface area contributed by atoms with Crippen molar-refractivity contribution in [3.05, 3.63) is 34.2 Å². The van der Waals surface area contributed by atoms with Gasteiger partial charge in [0.2, 0.25) is 0 Å². The lowest BCUT2D eigenvalue weighted by Gasteiger charge is -2.15. The SMILES string of the molecule is Cc1ccc(=O)n(C(C)C(=O)OCC(C)C)c1. The lowest BCUT2D eigenvalue weighted by molar-refractivity contribution is -0.148. The average molecular weight is 237 g/mol. The van der Waals surface area contributed by atoms with Gasteiger partial charge < -0.3 is 9.30 Å². The van der Waals surface area contributed by atoms with E-state index in [4.69, 9.17) is 4.74 Å². The first-order chi connectivity index (χ1) is 7.91. The molecule has 0 aliphatic rings. The fourth-order valence-electron chi connectivity index (χ4n) is 1.40. The van der Waals surface area contributed by atoms with Crippen molar-refractivity contribution in [1.29, 1.82) is 0 Å². The Hall–Kier alpha value is -1.58. The van der Waals surface area contributed by atoms with Crippen LogP contribution in [0.15, 0.2) is 23.1 Å². The van der Waals surface area contributed by atoms with Gasteiger partial charge in [-0.3, -0.25) is 4.79 Å². The molecule has 4 nitrogen and oxygen atoms in total. The van der Waals surface area contributed by atoms with Crippen molar-refractivity contribution in [3.63, 3.8) is 0 Å². The molecule has 0 saturated heterocycles. The molecule has 1 atom stereocenters. The van der Waals surface area contributed by atoms with E-state index < -0.39 is 6.04 Å². The molecule has 1 unspecified atom stereocenters. The van der Waals surface area contributed by atoms with Gasteiger partial charge in [-0.25, -0.2) is 4.79 Å². The van der Waals surface area contributed by atoms with Crippen LogP contribution in [0.25, 0.3) is 0 Å². The second-order valence-electron chi connectivity index (χ2n) is 4.65. The molecular weight excluding hydrogens is 218 g/mol. The number of carbonyl (C=O) groups excluding carboxylic acids is 1. The third-order valence-electron chi connectivity index (χ3n) is 2.40. The maximum Gasteiger partial charge on any atom is 0.328 e. The Morgan fingerprint density at radius 3 is 2.59 bits per heavy atom. The summed E-state index contributed by atoms with van der Waals surface area (Å²) in [6.45, 7) is 7.86. The molecule has 17 heavy (non-hydrogen) atoms. The summed E-state index contributed by atoms with van der Waals surface area (Å²) in [7, 11) is 0. The van der Waals surface area contributed by atoms with E-state index >= 15 is 0 Å². The van der Waals surface area contributed by atoms with E-state index in [0.717, 1.165) is 5.56 Å². The van der Waals surface area contributed by atoms with Gasteiger partial charge in [-0.1, -0.05) is 19.9 Å². The number of nitrogens with zero attached hydrogens (tertiary/aromatic N) is 1.